The Bertz CT molecular complexity index is 839. The first-order valence-electron chi connectivity index (χ1n) is 8.82. The van der Waals surface area contributed by atoms with E-state index in [1.54, 1.807) is 21.9 Å². The lowest BCUT2D eigenvalue weighted by Crippen LogP contribution is -2.51. The SMILES string of the molecule is CCCn1nc(C(=O)N2CCN(C(=O)c3ccccc3)CC2)ccc1=O. The van der Waals surface area contributed by atoms with Gasteiger partial charge in [0.25, 0.3) is 17.4 Å². The molecule has 0 radical (unpaired) electrons. The number of aryl methyl sites for hydroxylation is 1. The molecule has 0 N–H and O–H groups in total. The summed E-state index contributed by atoms with van der Waals surface area (Å²) in [7, 11) is 0. The van der Waals surface area contributed by atoms with Crippen LogP contribution in [0.5, 0.6) is 0 Å². The first-order valence-corrected chi connectivity index (χ1v) is 8.82. The van der Waals surface area contributed by atoms with Crippen LogP contribution in [-0.4, -0.2) is 57.6 Å². The number of rotatable bonds is 4. The summed E-state index contributed by atoms with van der Waals surface area (Å²) in [6, 6.07) is 12.0. The highest BCUT2D eigenvalue weighted by Gasteiger charge is 2.26. The topological polar surface area (TPSA) is 75.5 Å². The zero-order valence-electron chi connectivity index (χ0n) is 14.8. The fourth-order valence-corrected chi connectivity index (χ4v) is 2.97. The quantitative estimate of drug-likeness (QED) is 0.828. The van der Waals surface area contributed by atoms with Gasteiger partial charge in [0, 0.05) is 44.4 Å². The maximum atomic E-state index is 12.7. The van der Waals surface area contributed by atoms with E-state index in [1.807, 2.05) is 25.1 Å². The Kier molecular flexibility index (Phi) is 5.46. The van der Waals surface area contributed by atoms with Crippen molar-refractivity contribution in [1.82, 2.24) is 19.6 Å². The van der Waals surface area contributed by atoms with Crippen LogP contribution in [0.15, 0.2) is 47.3 Å². The van der Waals surface area contributed by atoms with Gasteiger partial charge >= 0.3 is 0 Å². The molecule has 0 saturated carbocycles. The third-order valence-electron chi connectivity index (χ3n) is 4.40. The van der Waals surface area contributed by atoms with Crippen molar-refractivity contribution in [2.75, 3.05) is 26.2 Å². The Labute approximate surface area is 151 Å². The van der Waals surface area contributed by atoms with E-state index < -0.39 is 0 Å². The first-order chi connectivity index (χ1) is 12.6. The average molecular weight is 354 g/mol. The summed E-state index contributed by atoms with van der Waals surface area (Å²) in [6.07, 6.45) is 0.769. The molecule has 7 nitrogen and oxygen atoms in total. The largest absolute Gasteiger partial charge is 0.335 e. The van der Waals surface area contributed by atoms with Gasteiger partial charge in [-0.3, -0.25) is 14.4 Å². The zero-order chi connectivity index (χ0) is 18.5. The third-order valence-corrected chi connectivity index (χ3v) is 4.40. The van der Waals surface area contributed by atoms with Crippen molar-refractivity contribution < 1.29 is 9.59 Å². The van der Waals surface area contributed by atoms with E-state index in [2.05, 4.69) is 5.10 Å². The lowest BCUT2D eigenvalue weighted by atomic mass is 10.2. The molecule has 7 heteroatoms. The Hall–Kier alpha value is -2.96. The fourth-order valence-electron chi connectivity index (χ4n) is 2.97. The van der Waals surface area contributed by atoms with Crippen molar-refractivity contribution in [3.8, 4) is 0 Å². The third kappa shape index (κ3) is 3.82. The smallest absolute Gasteiger partial charge is 0.274 e. The van der Waals surface area contributed by atoms with Crippen LogP contribution in [0, 0.1) is 0 Å². The molecular formula is C19H22N4O3. The molecule has 1 aliphatic rings. The molecule has 136 valence electrons. The minimum absolute atomic E-state index is 0.0210. The lowest BCUT2D eigenvalue weighted by molar-refractivity contribution is 0.0530. The van der Waals surface area contributed by atoms with Gasteiger partial charge in [-0.2, -0.15) is 5.10 Å². The van der Waals surface area contributed by atoms with Crippen LogP contribution in [-0.2, 0) is 6.54 Å². The summed E-state index contributed by atoms with van der Waals surface area (Å²) in [5, 5.41) is 4.17. The molecular weight excluding hydrogens is 332 g/mol. The second-order valence-corrected chi connectivity index (χ2v) is 6.23. The number of carbonyl (C=O) groups is 2. The number of amides is 2. The predicted molar refractivity (Wildman–Crippen MR) is 97.0 cm³/mol. The summed E-state index contributed by atoms with van der Waals surface area (Å²) in [4.78, 5) is 40.3. The van der Waals surface area contributed by atoms with Crippen LogP contribution in [0.2, 0.25) is 0 Å². The number of carbonyl (C=O) groups excluding carboxylic acids is 2. The van der Waals surface area contributed by atoms with Crippen molar-refractivity contribution in [2.45, 2.75) is 19.9 Å². The van der Waals surface area contributed by atoms with Crippen molar-refractivity contribution in [3.05, 3.63) is 64.1 Å². The van der Waals surface area contributed by atoms with Gasteiger partial charge in [0.15, 0.2) is 0 Å². The molecule has 0 bridgehead atoms. The van der Waals surface area contributed by atoms with Crippen LogP contribution >= 0.6 is 0 Å². The predicted octanol–water partition coefficient (Wildman–Crippen LogP) is 1.25. The summed E-state index contributed by atoms with van der Waals surface area (Å²) >= 11 is 0. The van der Waals surface area contributed by atoms with Gasteiger partial charge in [-0.05, 0) is 24.6 Å². The summed E-state index contributed by atoms with van der Waals surface area (Å²) in [6.45, 7) is 4.30. The van der Waals surface area contributed by atoms with Gasteiger partial charge < -0.3 is 9.80 Å². The van der Waals surface area contributed by atoms with E-state index in [-0.39, 0.29) is 23.1 Å². The molecule has 1 aliphatic heterocycles. The molecule has 2 amide bonds. The number of piperazine rings is 1. The minimum atomic E-state index is -0.207. The number of nitrogens with zero attached hydrogens (tertiary/aromatic N) is 4. The highest BCUT2D eigenvalue weighted by molar-refractivity contribution is 5.95. The molecule has 0 unspecified atom stereocenters. The number of hydrogen-bond acceptors (Lipinski definition) is 4. The molecule has 0 aliphatic carbocycles. The average Bonchev–Trinajstić information content (AvgIpc) is 2.69. The monoisotopic (exact) mass is 354 g/mol. The van der Waals surface area contributed by atoms with Crippen molar-refractivity contribution in [2.24, 2.45) is 0 Å². The van der Waals surface area contributed by atoms with Crippen LogP contribution in [0.4, 0.5) is 0 Å². The Morgan fingerprint density at radius 1 is 0.923 bits per heavy atom. The Balaban J connectivity index is 1.64. The molecule has 3 rings (SSSR count). The maximum Gasteiger partial charge on any atom is 0.274 e. The normalized spacial score (nSPS) is 14.3. The van der Waals surface area contributed by atoms with Gasteiger partial charge in [0.05, 0.1) is 0 Å². The van der Waals surface area contributed by atoms with Gasteiger partial charge in [-0.15, -0.1) is 0 Å². The second-order valence-electron chi connectivity index (χ2n) is 6.23. The fraction of sp³-hybridized carbons (Fsp3) is 0.368. The van der Waals surface area contributed by atoms with E-state index in [4.69, 9.17) is 0 Å². The molecule has 2 aromatic rings. The van der Waals surface area contributed by atoms with Crippen LogP contribution in [0.25, 0.3) is 0 Å². The van der Waals surface area contributed by atoms with Crippen LogP contribution in [0.1, 0.15) is 34.2 Å². The van der Waals surface area contributed by atoms with E-state index in [1.165, 1.54) is 16.8 Å². The van der Waals surface area contributed by atoms with E-state index >= 15 is 0 Å². The highest BCUT2D eigenvalue weighted by Crippen LogP contribution is 2.10. The van der Waals surface area contributed by atoms with Crippen molar-refractivity contribution >= 4 is 11.8 Å². The number of benzene rings is 1. The van der Waals surface area contributed by atoms with Gasteiger partial charge in [0.2, 0.25) is 0 Å². The second kappa shape index (κ2) is 7.95. The van der Waals surface area contributed by atoms with E-state index in [9.17, 15) is 14.4 Å². The highest BCUT2D eigenvalue weighted by atomic mass is 16.2. The Morgan fingerprint density at radius 3 is 2.15 bits per heavy atom. The van der Waals surface area contributed by atoms with Gasteiger partial charge in [-0.1, -0.05) is 25.1 Å². The first kappa shape index (κ1) is 17.8. The molecule has 2 heterocycles. The number of hydrogen-bond donors (Lipinski definition) is 0. The summed E-state index contributed by atoms with van der Waals surface area (Å²) in [5.74, 6) is -0.228. The molecule has 0 atom stereocenters. The Morgan fingerprint density at radius 2 is 1.54 bits per heavy atom. The molecule has 0 spiro atoms. The molecule has 1 aromatic carbocycles. The molecule has 26 heavy (non-hydrogen) atoms. The molecule has 1 aromatic heterocycles. The maximum absolute atomic E-state index is 12.7. The van der Waals surface area contributed by atoms with E-state index in [0.29, 0.717) is 38.3 Å². The standard InChI is InChI=1S/C19H22N4O3/c1-2-10-23-17(24)9-8-16(20-23)19(26)22-13-11-21(12-14-22)18(25)15-6-4-3-5-7-15/h3-9H,2,10-14H2,1H3. The van der Waals surface area contributed by atoms with Crippen molar-refractivity contribution in [3.63, 3.8) is 0 Å². The van der Waals surface area contributed by atoms with E-state index in [0.717, 1.165) is 6.42 Å². The lowest BCUT2D eigenvalue weighted by Gasteiger charge is -2.34. The summed E-state index contributed by atoms with van der Waals surface area (Å²) in [5.41, 5.74) is 0.711. The molecule has 1 fully saturated rings. The number of aromatic nitrogens is 2. The minimum Gasteiger partial charge on any atom is -0.335 e. The summed E-state index contributed by atoms with van der Waals surface area (Å²) < 4.78 is 1.32. The van der Waals surface area contributed by atoms with Gasteiger partial charge in [-0.25, -0.2) is 4.68 Å². The van der Waals surface area contributed by atoms with Crippen LogP contribution < -0.4 is 5.56 Å². The van der Waals surface area contributed by atoms with Gasteiger partial charge in [0.1, 0.15) is 5.69 Å². The molecule has 1 saturated heterocycles. The zero-order valence-corrected chi connectivity index (χ0v) is 14.8. The van der Waals surface area contributed by atoms with Crippen LogP contribution in [0.3, 0.4) is 0 Å². The van der Waals surface area contributed by atoms with Crippen molar-refractivity contribution in [1.29, 1.82) is 0 Å².